The zero-order valence-electron chi connectivity index (χ0n) is 21.4. The van der Waals surface area contributed by atoms with Crippen LogP contribution in [-0.2, 0) is 4.79 Å². The van der Waals surface area contributed by atoms with Crippen molar-refractivity contribution < 1.29 is 18.0 Å². The lowest BCUT2D eigenvalue weighted by Crippen LogP contribution is -2.46. The van der Waals surface area contributed by atoms with Crippen LogP contribution in [0, 0.1) is 0 Å². The highest BCUT2D eigenvalue weighted by Crippen LogP contribution is 2.26. The van der Waals surface area contributed by atoms with E-state index in [1.54, 1.807) is 12.2 Å². The molecule has 0 saturated carbocycles. The molecule has 0 aromatic heterocycles. The molecule has 2 aliphatic rings. The second-order valence-corrected chi connectivity index (χ2v) is 9.51. The van der Waals surface area contributed by atoms with Gasteiger partial charge in [-0.05, 0) is 43.7 Å². The van der Waals surface area contributed by atoms with Crippen LogP contribution < -0.4 is 5.73 Å². The van der Waals surface area contributed by atoms with Crippen molar-refractivity contribution in [3.63, 3.8) is 0 Å². The Balaban J connectivity index is 1.70. The minimum atomic E-state index is -4.47. The number of alkyl halides is 3. The molecule has 10 heteroatoms. The molecular formula is C27H39ClF3N5O. The van der Waals surface area contributed by atoms with Crippen LogP contribution in [0.4, 0.5) is 13.2 Å². The number of halogens is 4. The lowest BCUT2D eigenvalue weighted by molar-refractivity contribution is -0.131. The lowest BCUT2D eigenvalue weighted by atomic mass is 10.2. The lowest BCUT2D eigenvalue weighted by Gasteiger charge is -2.34. The van der Waals surface area contributed by atoms with Crippen molar-refractivity contribution in [2.24, 2.45) is 5.73 Å². The number of nitrogens with zero attached hydrogens (tertiary/aromatic N) is 4. The number of carbonyl (C=O) groups excluding carboxylic acids is 1. The van der Waals surface area contributed by atoms with Gasteiger partial charge in [-0.15, -0.1) is 0 Å². The zero-order valence-corrected chi connectivity index (χ0v) is 22.2. The van der Waals surface area contributed by atoms with Crippen LogP contribution in [0.1, 0.15) is 19.3 Å². The fraction of sp³-hybridized carbons (Fsp3) is 0.519. The van der Waals surface area contributed by atoms with E-state index in [1.807, 2.05) is 15.9 Å². The largest absolute Gasteiger partial charge is 0.416 e. The molecule has 37 heavy (non-hydrogen) atoms. The minimum Gasteiger partial charge on any atom is -0.385 e. The summed E-state index contributed by atoms with van der Waals surface area (Å²) in [4.78, 5) is 21.2. The molecule has 0 aromatic rings. The first-order valence-corrected chi connectivity index (χ1v) is 13.0. The van der Waals surface area contributed by atoms with Crippen molar-refractivity contribution in [1.29, 1.82) is 0 Å². The Kier molecular flexibility index (Phi) is 13.0. The number of carbonyl (C=O) groups is 1. The Morgan fingerprint density at radius 1 is 0.919 bits per heavy atom. The van der Waals surface area contributed by atoms with Gasteiger partial charge in [-0.3, -0.25) is 9.69 Å². The third-order valence-corrected chi connectivity index (χ3v) is 6.69. The van der Waals surface area contributed by atoms with E-state index >= 15 is 0 Å². The summed E-state index contributed by atoms with van der Waals surface area (Å²) in [6, 6.07) is 0. The predicted octanol–water partition coefficient (Wildman–Crippen LogP) is 4.26. The minimum absolute atomic E-state index is 0.114. The van der Waals surface area contributed by atoms with E-state index in [1.165, 1.54) is 6.08 Å². The summed E-state index contributed by atoms with van der Waals surface area (Å²) in [5.74, 6) is 0.368. The molecule has 2 saturated heterocycles. The Labute approximate surface area is 223 Å². The Morgan fingerprint density at radius 2 is 1.57 bits per heavy atom. The Hall–Kier alpha value is -2.49. The summed E-state index contributed by atoms with van der Waals surface area (Å²) >= 11 is 6.03. The van der Waals surface area contributed by atoms with Crippen molar-refractivity contribution in [3.05, 3.63) is 72.1 Å². The second-order valence-electron chi connectivity index (χ2n) is 9.07. The van der Waals surface area contributed by atoms with Gasteiger partial charge in [-0.2, -0.15) is 13.2 Å². The molecular weight excluding hydrogens is 503 g/mol. The van der Waals surface area contributed by atoms with E-state index in [9.17, 15) is 18.0 Å². The molecule has 2 rings (SSSR count). The van der Waals surface area contributed by atoms with Crippen LogP contribution in [0.2, 0.25) is 0 Å². The van der Waals surface area contributed by atoms with E-state index < -0.39 is 11.7 Å². The third kappa shape index (κ3) is 11.2. The van der Waals surface area contributed by atoms with Crippen LogP contribution in [0.3, 0.4) is 0 Å². The normalized spacial score (nSPS) is 19.8. The van der Waals surface area contributed by atoms with E-state index in [2.05, 4.69) is 29.0 Å². The topological polar surface area (TPSA) is 56.0 Å². The molecule has 0 spiro atoms. The zero-order chi connectivity index (χ0) is 27.3. The molecule has 0 bridgehead atoms. The van der Waals surface area contributed by atoms with Crippen LogP contribution in [0.15, 0.2) is 72.1 Å². The maximum Gasteiger partial charge on any atom is 0.416 e. The molecule has 6 nitrogen and oxygen atoms in total. The molecule has 0 radical (unpaired) electrons. The molecule has 2 heterocycles. The van der Waals surface area contributed by atoms with Crippen molar-refractivity contribution in [1.82, 2.24) is 19.6 Å². The summed E-state index contributed by atoms with van der Waals surface area (Å²) < 4.78 is 38.6. The number of amides is 1. The molecule has 2 N–H and O–H groups in total. The predicted molar refractivity (Wildman–Crippen MR) is 145 cm³/mol. The van der Waals surface area contributed by atoms with E-state index in [-0.39, 0.29) is 11.7 Å². The Bertz CT molecular complexity index is 889. The van der Waals surface area contributed by atoms with Crippen LogP contribution in [0.25, 0.3) is 0 Å². The molecule has 0 aromatic carbocycles. The van der Waals surface area contributed by atoms with Crippen molar-refractivity contribution in [2.75, 3.05) is 65.4 Å². The summed E-state index contributed by atoms with van der Waals surface area (Å²) in [6.45, 7) is 14.7. The average molecular weight is 542 g/mol. The molecule has 0 unspecified atom stereocenters. The SMILES string of the molecule is C=C/C=C(Cl)\C=C/CN1CCN(CCCC(=O)N2CCCN(/C(N)=C/C=C(\C=C)C(F)(F)F)CC2)CC1. The highest BCUT2D eigenvalue weighted by atomic mass is 35.5. The van der Waals surface area contributed by atoms with E-state index in [4.69, 9.17) is 17.3 Å². The molecule has 1 amide bonds. The number of rotatable bonds is 11. The van der Waals surface area contributed by atoms with Gasteiger partial charge in [-0.1, -0.05) is 43.0 Å². The second kappa shape index (κ2) is 15.7. The number of nitrogens with two attached hydrogens (primary N) is 1. The first-order valence-electron chi connectivity index (χ1n) is 12.6. The van der Waals surface area contributed by atoms with Crippen molar-refractivity contribution >= 4 is 17.5 Å². The van der Waals surface area contributed by atoms with Crippen molar-refractivity contribution in [2.45, 2.75) is 25.4 Å². The van der Waals surface area contributed by atoms with Gasteiger partial charge in [0.2, 0.25) is 5.91 Å². The van der Waals surface area contributed by atoms with E-state index in [0.29, 0.717) is 44.1 Å². The standard InChI is InChI=1S/C27H39ClF3N5O/c1-3-8-24(28)9-5-13-33-17-19-34(20-18-33)14-6-10-26(37)36-16-7-15-35(21-22-36)25(32)12-11-23(4-2)27(29,30)31/h3-5,8-9,11-12H,1-2,6-7,10,13-22,32H2/b9-5-,23-11+,24-8+,25-12+. The molecule has 2 fully saturated rings. The first kappa shape index (κ1) is 30.7. The van der Waals surface area contributed by atoms with Gasteiger partial charge in [0.25, 0.3) is 0 Å². The number of hydrogen-bond donors (Lipinski definition) is 1. The Morgan fingerprint density at radius 3 is 2.22 bits per heavy atom. The molecule has 0 aliphatic carbocycles. The molecule has 206 valence electrons. The third-order valence-electron chi connectivity index (χ3n) is 6.44. The van der Waals surface area contributed by atoms with Crippen LogP contribution >= 0.6 is 11.6 Å². The first-order chi connectivity index (χ1) is 17.6. The van der Waals surface area contributed by atoms with Gasteiger partial charge in [0.1, 0.15) is 0 Å². The fourth-order valence-electron chi connectivity index (χ4n) is 4.27. The van der Waals surface area contributed by atoms with Gasteiger partial charge < -0.3 is 20.4 Å². The smallest absolute Gasteiger partial charge is 0.385 e. The van der Waals surface area contributed by atoms with E-state index in [0.717, 1.165) is 57.8 Å². The quantitative estimate of drug-likeness (QED) is 0.396. The number of hydrogen-bond acceptors (Lipinski definition) is 5. The maximum absolute atomic E-state index is 12.9. The summed E-state index contributed by atoms with van der Waals surface area (Å²) in [7, 11) is 0. The monoisotopic (exact) mass is 541 g/mol. The molecule has 0 atom stereocenters. The summed E-state index contributed by atoms with van der Waals surface area (Å²) in [5, 5.41) is 0.663. The maximum atomic E-state index is 12.9. The van der Waals surface area contributed by atoms with Gasteiger partial charge in [0.15, 0.2) is 0 Å². The van der Waals surface area contributed by atoms with Crippen LogP contribution in [0.5, 0.6) is 0 Å². The highest BCUT2D eigenvalue weighted by molar-refractivity contribution is 6.31. The average Bonchev–Trinajstić information content (AvgIpc) is 3.11. The summed E-state index contributed by atoms with van der Waals surface area (Å²) in [5.41, 5.74) is 5.18. The molecule has 2 aliphatic heterocycles. The number of allylic oxidation sites excluding steroid dienone is 8. The number of piperazine rings is 1. The summed E-state index contributed by atoms with van der Waals surface area (Å²) in [6.07, 6.45) is 7.85. The van der Waals surface area contributed by atoms with Gasteiger partial charge >= 0.3 is 6.18 Å². The fourth-order valence-corrected chi connectivity index (χ4v) is 4.45. The van der Waals surface area contributed by atoms with Gasteiger partial charge in [0, 0.05) is 70.4 Å². The van der Waals surface area contributed by atoms with Gasteiger partial charge in [0.05, 0.1) is 11.4 Å². The highest BCUT2D eigenvalue weighted by Gasteiger charge is 2.31. The van der Waals surface area contributed by atoms with Crippen LogP contribution in [-0.4, -0.2) is 97.1 Å². The van der Waals surface area contributed by atoms with Crippen molar-refractivity contribution in [3.8, 4) is 0 Å². The van der Waals surface area contributed by atoms with Gasteiger partial charge in [-0.25, -0.2) is 0 Å².